The average molecular weight is 314 g/mol. The topological polar surface area (TPSA) is 58.2 Å². The van der Waals surface area contributed by atoms with Crippen molar-refractivity contribution in [3.63, 3.8) is 0 Å². The second kappa shape index (κ2) is 8.51. The van der Waals surface area contributed by atoms with Gasteiger partial charge in [-0.1, -0.05) is 38.1 Å². The third-order valence-corrected chi connectivity index (χ3v) is 4.36. The van der Waals surface area contributed by atoms with Crippen LogP contribution in [0, 0.1) is 11.8 Å². The molecule has 1 aliphatic rings. The van der Waals surface area contributed by atoms with Crippen LogP contribution in [0.2, 0.25) is 0 Å². The van der Waals surface area contributed by atoms with E-state index in [9.17, 15) is 9.59 Å². The molecule has 0 spiro atoms. The van der Waals surface area contributed by atoms with Gasteiger partial charge < -0.3 is 10.6 Å². The number of nitrogens with one attached hydrogen (secondary N) is 2. The van der Waals surface area contributed by atoms with E-state index < -0.39 is 0 Å². The zero-order valence-corrected chi connectivity index (χ0v) is 14.0. The van der Waals surface area contributed by atoms with Crippen LogP contribution in [0.1, 0.15) is 45.1 Å². The summed E-state index contributed by atoms with van der Waals surface area (Å²) in [5.41, 5.74) is 1.77. The molecule has 0 aliphatic heterocycles. The number of carbonyl (C=O) groups excluding carboxylic acids is 2. The summed E-state index contributed by atoms with van der Waals surface area (Å²) in [7, 11) is 0. The Labute approximate surface area is 138 Å². The molecule has 0 saturated heterocycles. The summed E-state index contributed by atoms with van der Waals surface area (Å²) < 4.78 is 0. The van der Waals surface area contributed by atoms with E-state index in [0.717, 1.165) is 36.9 Å². The minimum absolute atomic E-state index is 0.00212. The van der Waals surface area contributed by atoms with E-state index in [2.05, 4.69) is 22.8 Å². The van der Waals surface area contributed by atoms with Gasteiger partial charge in [0, 0.05) is 24.1 Å². The molecule has 2 unspecified atom stereocenters. The third kappa shape index (κ3) is 5.23. The summed E-state index contributed by atoms with van der Waals surface area (Å²) in [5.74, 6) is 0.233. The van der Waals surface area contributed by atoms with Gasteiger partial charge in [0.25, 0.3) is 0 Å². The van der Waals surface area contributed by atoms with Gasteiger partial charge in [0.2, 0.25) is 11.8 Å². The lowest BCUT2D eigenvalue weighted by Crippen LogP contribution is -2.30. The first-order valence-electron chi connectivity index (χ1n) is 8.42. The number of amides is 2. The van der Waals surface area contributed by atoms with E-state index in [-0.39, 0.29) is 23.7 Å². The van der Waals surface area contributed by atoms with Gasteiger partial charge in [-0.25, -0.2) is 0 Å². The van der Waals surface area contributed by atoms with Gasteiger partial charge in [0.1, 0.15) is 0 Å². The molecule has 2 amide bonds. The van der Waals surface area contributed by atoms with Gasteiger partial charge in [0.05, 0.1) is 0 Å². The van der Waals surface area contributed by atoms with Crippen molar-refractivity contribution < 1.29 is 9.59 Å². The number of benzene rings is 1. The molecule has 1 aliphatic carbocycles. The molecule has 0 bridgehead atoms. The molecule has 2 atom stereocenters. The summed E-state index contributed by atoms with van der Waals surface area (Å²) in [6.07, 6.45) is 7.77. The first kappa shape index (κ1) is 17.3. The zero-order chi connectivity index (χ0) is 16.7. The van der Waals surface area contributed by atoms with Crippen LogP contribution in [0.5, 0.6) is 0 Å². The van der Waals surface area contributed by atoms with E-state index in [1.807, 2.05) is 38.1 Å². The molecule has 2 N–H and O–H groups in total. The minimum atomic E-state index is -0.00212. The SMILES string of the molecule is CCC(C)C(=O)Nc1cccc(CNC(=O)C2CC=CCC2)c1. The maximum Gasteiger partial charge on any atom is 0.227 e. The van der Waals surface area contributed by atoms with Crippen molar-refractivity contribution in [1.29, 1.82) is 0 Å². The normalized spacial score (nSPS) is 18.3. The Morgan fingerprint density at radius 2 is 2.13 bits per heavy atom. The van der Waals surface area contributed by atoms with E-state index in [0.29, 0.717) is 6.54 Å². The van der Waals surface area contributed by atoms with Crippen molar-refractivity contribution in [2.45, 2.75) is 46.1 Å². The van der Waals surface area contributed by atoms with Crippen molar-refractivity contribution in [1.82, 2.24) is 5.32 Å². The predicted molar refractivity (Wildman–Crippen MR) is 92.9 cm³/mol. The van der Waals surface area contributed by atoms with Gasteiger partial charge in [-0.05, 0) is 43.4 Å². The molecule has 0 fully saturated rings. The van der Waals surface area contributed by atoms with Crippen LogP contribution in [-0.4, -0.2) is 11.8 Å². The van der Waals surface area contributed by atoms with Gasteiger partial charge in [-0.15, -0.1) is 0 Å². The molecule has 23 heavy (non-hydrogen) atoms. The number of hydrogen-bond donors (Lipinski definition) is 2. The van der Waals surface area contributed by atoms with E-state index in [1.165, 1.54) is 0 Å². The van der Waals surface area contributed by atoms with Crippen LogP contribution < -0.4 is 10.6 Å². The average Bonchev–Trinajstić information content (AvgIpc) is 2.60. The standard InChI is InChI=1S/C19H26N2O2/c1-3-14(2)18(22)21-17-11-7-8-15(12-17)13-20-19(23)16-9-5-4-6-10-16/h4-5,7-8,11-12,14,16H,3,6,9-10,13H2,1-2H3,(H,20,23)(H,21,22). The second-order valence-corrected chi connectivity index (χ2v) is 6.20. The van der Waals surface area contributed by atoms with Crippen LogP contribution >= 0.6 is 0 Å². The number of rotatable bonds is 6. The Balaban J connectivity index is 1.88. The summed E-state index contributed by atoms with van der Waals surface area (Å²) >= 11 is 0. The summed E-state index contributed by atoms with van der Waals surface area (Å²) in [5, 5.41) is 5.92. The third-order valence-electron chi connectivity index (χ3n) is 4.36. The molecule has 4 nitrogen and oxygen atoms in total. The second-order valence-electron chi connectivity index (χ2n) is 6.20. The highest BCUT2D eigenvalue weighted by molar-refractivity contribution is 5.92. The fourth-order valence-corrected chi connectivity index (χ4v) is 2.58. The number of allylic oxidation sites excluding steroid dienone is 2. The molecule has 0 heterocycles. The number of hydrogen-bond acceptors (Lipinski definition) is 2. The van der Waals surface area contributed by atoms with Crippen molar-refractivity contribution in [2.75, 3.05) is 5.32 Å². The molecule has 124 valence electrons. The molecule has 2 rings (SSSR count). The maximum absolute atomic E-state index is 12.1. The summed E-state index contributed by atoms with van der Waals surface area (Å²) in [4.78, 5) is 24.1. The smallest absolute Gasteiger partial charge is 0.227 e. The molecular weight excluding hydrogens is 288 g/mol. The van der Waals surface area contributed by atoms with Crippen LogP contribution in [0.25, 0.3) is 0 Å². The lowest BCUT2D eigenvalue weighted by atomic mass is 9.93. The summed E-state index contributed by atoms with van der Waals surface area (Å²) in [6.45, 7) is 4.40. The minimum Gasteiger partial charge on any atom is -0.352 e. The first-order chi connectivity index (χ1) is 11.1. The van der Waals surface area contributed by atoms with E-state index in [1.54, 1.807) is 0 Å². The quantitative estimate of drug-likeness (QED) is 0.788. The highest BCUT2D eigenvalue weighted by atomic mass is 16.2. The van der Waals surface area contributed by atoms with Crippen LogP contribution in [-0.2, 0) is 16.1 Å². The molecule has 0 aromatic heterocycles. The molecule has 4 heteroatoms. The van der Waals surface area contributed by atoms with E-state index >= 15 is 0 Å². The van der Waals surface area contributed by atoms with Crippen molar-refractivity contribution in [3.05, 3.63) is 42.0 Å². The van der Waals surface area contributed by atoms with Crippen LogP contribution in [0.3, 0.4) is 0 Å². The van der Waals surface area contributed by atoms with E-state index in [4.69, 9.17) is 0 Å². The molecule has 1 aromatic rings. The Kier molecular flexibility index (Phi) is 6.39. The highest BCUT2D eigenvalue weighted by Crippen LogP contribution is 2.18. The zero-order valence-electron chi connectivity index (χ0n) is 14.0. The van der Waals surface area contributed by atoms with Gasteiger partial charge >= 0.3 is 0 Å². The molecule has 0 saturated carbocycles. The Morgan fingerprint density at radius 1 is 1.30 bits per heavy atom. The fraction of sp³-hybridized carbons (Fsp3) is 0.474. The predicted octanol–water partition coefficient (Wildman–Crippen LogP) is 3.64. The van der Waals surface area contributed by atoms with Crippen LogP contribution in [0.15, 0.2) is 36.4 Å². The Hall–Kier alpha value is -2.10. The molecule has 1 aromatic carbocycles. The molecular formula is C19H26N2O2. The van der Waals surface area contributed by atoms with Gasteiger partial charge in [-0.3, -0.25) is 9.59 Å². The largest absolute Gasteiger partial charge is 0.352 e. The fourth-order valence-electron chi connectivity index (χ4n) is 2.58. The lowest BCUT2D eigenvalue weighted by molar-refractivity contribution is -0.125. The Bertz CT molecular complexity index is 580. The first-order valence-corrected chi connectivity index (χ1v) is 8.42. The highest BCUT2D eigenvalue weighted by Gasteiger charge is 2.18. The Morgan fingerprint density at radius 3 is 2.83 bits per heavy atom. The number of anilines is 1. The monoisotopic (exact) mass is 314 g/mol. The van der Waals surface area contributed by atoms with Gasteiger partial charge in [-0.2, -0.15) is 0 Å². The molecule has 0 radical (unpaired) electrons. The lowest BCUT2D eigenvalue weighted by Gasteiger charge is -2.17. The van der Waals surface area contributed by atoms with Crippen molar-refractivity contribution in [3.8, 4) is 0 Å². The van der Waals surface area contributed by atoms with Gasteiger partial charge in [0.15, 0.2) is 0 Å². The van der Waals surface area contributed by atoms with Crippen LogP contribution in [0.4, 0.5) is 5.69 Å². The summed E-state index contributed by atoms with van der Waals surface area (Å²) in [6, 6.07) is 7.65. The maximum atomic E-state index is 12.1. The van der Waals surface area contributed by atoms with Crippen molar-refractivity contribution >= 4 is 17.5 Å². The van der Waals surface area contributed by atoms with Crippen molar-refractivity contribution in [2.24, 2.45) is 11.8 Å². The number of carbonyl (C=O) groups is 2.